The molecule has 0 atom stereocenters. The fourth-order valence-electron chi connectivity index (χ4n) is 3.55. The van der Waals surface area contributed by atoms with E-state index in [1.165, 1.54) is 28.3 Å². The first-order valence-corrected chi connectivity index (χ1v) is 8.98. The quantitative estimate of drug-likeness (QED) is 0.656. The van der Waals surface area contributed by atoms with Crippen molar-refractivity contribution in [3.63, 3.8) is 0 Å². The Bertz CT molecular complexity index is 959. The van der Waals surface area contributed by atoms with Crippen LogP contribution in [0.3, 0.4) is 0 Å². The van der Waals surface area contributed by atoms with Gasteiger partial charge in [-0.05, 0) is 28.7 Å². The first-order chi connectivity index (χ1) is 13.2. The highest BCUT2D eigenvalue weighted by Crippen LogP contribution is 2.44. The Labute approximate surface area is 156 Å². The summed E-state index contributed by atoms with van der Waals surface area (Å²) in [6, 6.07) is 17.9. The standard InChI is InChI=1S/C21H20N2O4/c24-20-12-14(27-23-20)6-5-11-22-21(25)26-13-19-17-9-3-1-7-15(17)16-8-2-4-10-18(16)19/h1-4,7-10,12,19H,5-6,11,13H2,(H,22,25)(H,23,24). The zero-order chi connectivity index (χ0) is 18.6. The third-order valence-electron chi connectivity index (χ3n) is 4.79. The van der Waals surface area contributed by atoms with Gasteiger partial charge in [-0.25, -0.2) is 4.79 Å². The molecule has 1 heterocycles. The van der Waals surface area contributed by atoms with Gasteiger partial charge in [0.2, 0.25) is 0 Å². The maximum Gasteiger partial charge on any atom is 0.407 e. The van der Waals surface area contributed by atoms with E-state index in [2.05, 4.69) is 34.7 Å². The van der Waals surface area contributed by atoms with Crippen molar-refractivity contribution in [1.29, 1.82) is 0 Å². The van der Waals surface area contributed by atoms with Crippen LogP contribution in [0.5, 0.6) is 0 Å². The summed E-state index contributed by atoms with van der Waals surface area (Å²) in [4.78, 5) is 23.0. The summed E-state index contributed by atoms with van der Waals surface area (Å²) < 4.78 is 10.4. The smallest absolute Gasteiger partial charge is 0.407 e. The summed E-state index contributed by atoms with van der Waals surface area (Å²) in [6.07, 6.45) is 0.792. The molecule has 2 aromatic carbocycles. The average molecular weight is 364 g/mol. The van der Waals surface area contributed by atoms with Gasteiger partial charge < -0.3 is 14.6 Å². The molecular weight excluding hydrogens is 344 g/mol. The van der Waals surface area contributed by atoms with Gasteiger partial charge in [0, 0.05) is 24.9 Å². The lowest BCUT2D eigenvalue weighted by Crippen LogP contribution is -2.27. The van der Waals surface area contributed by atoms with Gasteiger partial charge >= 0.3 is 6.09 Å². The van der Waals surface area contributed by atoms with Crippen molar-refractivity contribution in [3.05, 3.63) is 81.8 Å². The summed E-state index contributed by atoms with van der Waals surface area (Å²) in [5.74, 6) is 0.631. The Morgan fingerprint density at radius 3 is 2.37 bits per heavy atom. The third-order valence-corrected chi connectivity index (χ3v) is 4.79. The summed E-state index contributed by atoms with van der Waals surface area (Å²) in [6.45, 7) is 0.748. The van der Waals surface area contributed by atoms with Crippen molar-refractivity contribution in [3.8, 4) is 11.1 Å². The summed E-state index contributed by atoms with van der Waals surface area (Å²) in [5, 5.41) is 4.98. The highest BCUT2D eigenvalue weighted by atomic mass is 16.5. The molecule has 0 unspecified atom stereocenters. The van der Waals surface area contributed by atoms with E-state index in [9.17, 15) is 9.59 Å². The lowest BCUT2D eigenvalue weighted by atomic mass is 9.98. The number of hydrogen-bond donors (Lipinski definition) is 2. The number of nitrogens with one attached hydrogen (secondary N) is 2. The van der Waals surface area contributed by atoms with Crippen molar-refractivity contribution >= 4 is 6.09 Å². The molecule has 0 spiro atoms. The molecular formula is C21H20N2O4. The normalized spacial score (nSPS) is 12.4. The Morgan fingerprint density at radius 1 is 1.07 bits per heavy atom. The van der Waals surface area contributed by atoms with Gasteiger partial charge in [0.05, 0.1) is 0 Å². The van der Waals surface area contributed by atoms with Crippen LogP contribution >= 0.6 is 0 Å². The second-order valence-corrected chi connectivity index (χ2v) is 6.53. The monoisotopic (exact) mass is 364 g/mol. The second kappa shape index (κ2) is 7.53. The van der Waals surface area contributed by atoms with Crippen molar-refractivity contribution < 1.29 is 14.1 Å². The topological polar surface area (TPSA) is 84.3 Å². The number of fused-ring (bicyclic) bond motifs is 3. The summed E-state index contributed by atoms with van der Waals surface area (Å²) in [7, 11) is 0. The average Bonchev–Trinajstić information content (AvgIpc) is 3.25. The lowest BCUT2D eigenvalue weighted by Gasteiger charge is -2.14. The zero-order valence-electron chi connectivity index (χ0n) is 14.7. The minimum Gasteiger partial charge on any atom is -0.449 e. The molecule has 0 saturated heterocycles. The number of hydrogen-bond acceptors (Lipinski definition) is 4. The first-order valence-electron chi connectivity index (χ1n) is 8.98. The van der Waals surface area contributed by atoms with Crippen molar-refractivity contribution in [2.24, 2.45) is 0 Å². The van der Waals surface area contributed by atoms with E-state index in [1.807, 2.05) is 24.3 Å². The molecule has 27 heavy (non-hydrogen) atoms. The molecule has 4 rings (SSSR count). The Hall–Kier alpha value is -3.28. The van der Waals surface area contributed by atoms with Gasteiger partial charge in [-0.1, -0.05) is 48.5 Å². The van der Waals surface area contributed by atoms with Gasteiger partial charge in [0.1, 0.15) is 12.4 Å². The van der Waals surface area contributed by atoms with E-state index < -0.39 is 6.09 Å². The summed E-state index contributed by atoms with van der Waals surface area (Å²) >= 11 is 0. The van der Waals surface area contributed by atoms with Crippen LogP contribution < -0.4 is 10.9 Å². The molecule has 2 N–H and O–H groups in total. The van der Waals surface area contributed by atoms with Gasteiger partial charge in [-0.3, -0.25) is 4.79 Å². The molecule has 0 bridgehead atoms. The minimum atomic E-state index is -0.438. The predicted molar refractivity (Wildman–Crippen MR) is 101 cm³/mol. The van der Waals surface area contributed by atoms with E-state index in [1.54, 1.807) is 0 Å². The SMILES string of the molecule is O=C(NCCCc1cc(=O)[nH]o1)OCC1c2ccccc2-c2ccccc21. The molecule has 1 aromatic heterocycles. The molecule has 0 fully saturated rings. The molecule has 0 aliphatic heterocycles. The van der Waals surface area contributed by atoms with Crippen molar-refractivity contribution in [2.45, 2.75) is 18.8 Å². The molecule has 138 valence electrons. The van der Waals surface area contributed by atoms with Crippen LogP contribution in [0, 0.1) is 0 Å². The molecule has 1 aliphatic carbocycles. The van der Waals surface area contributed by atoms with E-state index >= 15 is 0 Å². The molecule has 3 aromatic rings. The number of alkyl carbamates (subject to hydrolysis) is 1. The molecule has 1 amide bonds. The van der Waals surface area contributed by atoms with Crippen LogP contribution in [0.15, 0.2) is 63.9 Å². The number of amides is 1. The lowest BCUT2D eigenvalue weighted by molar-refractivity contribution is 0.143. The molecule has 6 heteroatoms. The van der Waals surface area contributed by atoms with Crippen LogP contribution in [0.25, 0.3) is 11.1 Å². The number of ether oxygens (including phenoxy) is 1. The largest absolute Gasteiger partial charge is 0.449 e. The number of carbonyl (C=O) groups excluding carboxylic acids is 1. The highest BCUT2D eigenvalue weighted by Gasteiger charge is 2.28. The second-order valence-electron chi connectivity index (χ2n) is 6.53. The minimum absolute atomic E-state index is 0.0530. The van der Waals surface area contributed by atoms with Crippen LogP contribution in [-0.4, -0.2) is 24.4 Å². The third kappa shape index (κ3) is 3.65. The highest BCUT2D eigenvalue weighted by molar-refractivity contribution is 5.79. The van der Waals surface area contributed by atoms with Crippen molar-refractivity contribution in [2.75, 3.05) is 13.2 Å². The van der Waals surface area contributed by atoms with Gasteiger partial charge in [0.25, 0.3) is 5.56 Å². The fourth-order valence-corrected chi connectivity index (χ4v) is 3.55. The number of benzene rings is 2. The number of carbonyl (C=O) groups is 1. The van der Waals surface area contributed by atoms with Gasteiger partial charge in [-0.2, -0.15) is 5.16 Å². The number of aryl methyl sites for hydroxylation is 1. The maximum atomic E-state index is 12.0. The molecule has 0 radical (unpaired) electrons. The van der Waals surface area contributed by atoms with E-state index in [0.717, 1.165) is 0 Å². The van der Waals surface area contributed by atoms with E-state index in [4.69, 9.17) is 9.26 Å². The Morgan fingerprint density at radius 2 is 1.74 bits per heavy atom. The first kappa shape index (κ1) is 17.1. The van der Waals surface area contributed by atoms with Gasteiger partial charge in [-0.15, -0.1) is 0 Å². The molecule has 6 nitrogen and oxygen atoms in total. The van der Waals surface area contributed by atoms with Crippen LogP contribution in [0.4, 0.5) is 4.79 Å². The number of aromatic amines is 1. The summed E-state index contributed by atoms with van der Waals surface area (Å²) in [5.41, 5.74) is 4.53. The molecule has 1 aliphatic rings. The number of rotatable bonds is 6. The van der Waals surface area contributed by atoms with E-state index in [-0.39, 0.29) is 11.5 Å². The van der Waals surface area contributed by atoms with Crippen LogP contribution in [0.2, 0.25) is 0 Å². The Kier molecular flexibility index (Phi) is 4.78. The molecule has 0 saturated carbocycles. The maximum absolute atomic E-state index is 12.0. The Balaban J connectivity index is 1.31. The number of H-pyrrole nitrogens is 1. The van der Waals surface area contributed by atoms with Crippen LogP contribution in [0.1, 0.15) is 29.2 Å². The zero-order valence-corrected chi connectivity index (χ0v) is 14.7. The predicted octanol–water partition coefficient (Wildman–Crippen LogP) is 3.44. The van der Waals surface area contributed by atoms with Crippen molar-refractivity contribution in [1.82, 2.24) is 10.5 Å². The van der Waals surface area contributed by atoms with Crippen LogP contribution in [-0.2, 0) is 11.2 Å². The van der Waals surface area contributed by atoms with E-state index in [0.29, 0.717) is 31.8 Å². The fraction of sp³-hybridized carbons (Fsp3) is 0.238. The number of aromatic nitrogens is 1. The van der Waals surface area contributed by atoms with Gasteiger partial charge in [0.15, 0.2) is 0 Å².